The molecule has 2 rings (SSSR count). The maximum atomic E-state index is 11.0. The highest BCUT2D eigenvalue weighted by Gasteiger charge is 2.19. The van der Waals surface area contributed by atoms with Crippen LogP contribution in [0.1, 0.15) is 32.0 Å². The van der Waals surface area contributed by atoms with Crippen molar-refractivity contribution in [2.45, 2.75) is 26.4 Å². The van der Waals surface area contributed by atoms with Crippen molar-refractivity contribution in [1.29, 1.82) is 0 Å². The molecule has 0 saturated heterocycles. The van der Waals surface area contributed by atoms with E-state index in [0.29, 0.717) is 5.56 Å². The predicted molar refractivity (Wildman–Crippen MR) is 85.5 cm³/mol. The molecule has 1 heterocycles. The van der Waals surface area contributed by atoms with E-state index in [1.54, 1.807) is 18.2 Å². The molecule has 0 spiro atoms. The lowest BCUT2D eigenvalue weighted by Crippen LogP contribution is -2.18. The lowest BCUT2D eigenvalue weighted by molar-refractivity contribution is -0.384. The lowest BCUT2D eigenvalue weighted by Gasteiger charge is -2.17. The van der Waals surface area contributed by atoms with Gasteiger partial charge in [-0.25, -0.2) is 0 Å². The highest BCUT2D eigenvalue weighted by Crippen LogP contribution is 2.22. The van der Waals surface area contributed by atoms with Crippen molar-refractivity contribution < 1.29 is 14.9 Å². The predicted octanol–water partition coefficient (Wildman–Crippen LogP) is 3.26. The fourth-order valence-corrected chi connectivity index (χ4v) is 1.76. The lowest BCUT2D eigenvalue weighted by atomic mass is 10.1. The summed E-state index contributed by atoms with van der Waals surface area (Å²) in [5.41, 5.74) is 0.203. The van der Waals surface area contributed by atoms with Crippen LogP contribution in [-0.4, -0.2) is 26.3 Å². The number of pyridine rings is 1. The van der Waals surface area contributed by atoms with Gasteiger partial charge in [0.2, 0.25) is 0 Å². The topological polar surface area (TPSA) is 97.9 Å². The van der Waals surface area contributed by atoms with Crippen LogP contribution in [0.5, 0.6) is 5.75 Å². The third-order valence-electron chi connectivity index (χ3n) is 2.75. The van der Waals surface area contributed by atoms with Gasteiger partial charge in [0.1, 0.15) is 22.8 Å². The molecule has 1 N–H and O–H groups in total. The maximum Gasteiger partial charge on any atom is 0.270 e. The Hall–Kier alpha value is -2.96. The van der Waals surface area contributed by atoms with E-state index in [9.17, 15) is 15.2 Å². The Labute approximate surface area is 133 Å². The second-order valence-electron chi connectivity index (χ2n) is 5.82. The zero-order valence-corrected chi connectivity index (χ0v) is 13.1. The summed E-state index contributed by atoms with van der Waals surface area (Å²) in [6.07, 6.45) is 1.50. The summed E-state index contributed by atoms with van der Waals surface area (Å²) in [5, 5.41) is 25.1. The van der Waals surface area contributed by atoms with Crippen LogP contribution in [0.4, 0.5) is 5.69 Å². The molecule has 0 aliphatic heterocycles. The van der Waals surface area contributed by atoms with Crippen molar-refractivity contribution in [1.82, 2.24) is 4.98 Å². The van der Waals surface area contributed by atoms with Gasteiger partial charge >= 0.3 is 0 Å². The molecule has 0 unspecified atom stereocenters. The zero-order valence-electron chi connectivity index (χ0n) is 13.1. The first-order valence-corrected chi connectivity index (χ1v) is 6.93. The minimum atomic E-state index is -0.559. The Balaban J connectivity index is 2.56. The SMILES string of the molecule is CC(C)(C)O/N=C(\c1cccc([N+](=O)[O-])c1)c1ncccc1O. The monoisotopic (exact) mass is 315 g/mol. The van der Waals surface area contributed by atoms with Crippen molar-refractivity contribution >= 4 is 11.4 Å². The summed E-state index contributed by atoms with van der Waals surface area (Å²) in [7, 11) is 0. The van der Waals surface area contributed by atoms with E-state index in [0.717, 1.165) is 0 Å². The molecule has 0 bridgehead atoms. The van der Waals surface area contributed by atoms with Crippen LogP contribution in [-0.2, 0) is 4.84 Å². The fourth-order valence-electron chi connectivity index (χ4n) is 1.76. The minimum absolute atomic E-state index is 0.0821. The minimum Gasteiger partial charge on any atom is -0.506 e. The summed E-state index contributed by atoms with van der Waals surface area (Å²) >= 11 is 0. The smallest absolute Gasteiger partial charge is 0.270 e. The first kappa shape index (κ1) is 16.4. The van der Waals surface area contributed by atoms with Crippen molar-refractivity contribution in [3.05, 3.63) is 64.0 Å². The molecule has 0 radical (unpaired) electrons. The maximum absolute atomic E-state index is 11.0. The molecule has 0 saturated carbocycles. The van der Waals surface area contributed by atoms with Gasteiger partial charge in [-0.3, -0.25) is 15.1 Å². The van der Waals surface area contributed by atoms with Gasteiger partial charge in [0, 0.05) is 23.9 Å². The van der Waals surface area contributed by atoms with Crippen LogP contribution < -0.4 is 0 Å². The number of aromatic nitrogens is 1. The van der Waals surface area contributed by atoms with Gasteiger partial charge < -0.3 is 9.94 Å². The van der Waals surface area contributed by atoms with E-state index >= 15 is 0 Å². The summed E-state index contributed by atoms with van der Waals surface area (Å²) in [6, 6.07) is 8.97. The van der Waals surface area contributed by atoms with Crippen molar-refractivity contribution in [2.24, 2.45) is 5.16 Å². The van der Waals surface area contributed by atoms with Crippen LogP contribution in [0.3, 0.4) is 0 Å². The van der Waals surface area contributed by atoms with Crippen LogP contribution in [0.2, 0.25) is 0 Å². The second kappa shape index (κ2) is 6.43. The number of benzene rings is 1. The van der Waals surface area contributed by atoms with E-state index in [1.165, 1.54) is 24.4 Å². The number of nitro benzene ring substituents is 1. The first-order chi connectivity index (χ1) is 10.8. The van der Waals surface area contributed by atoms with Gasteiger partial charge in [0.05, 0.1) is 4.92 Å². The standard InChI is InChI=1S/C16H17N3O4/c1-16(2,3)23-18-14(15-13(20)8-5-9-17-15)11-6-4-7-12(10-11)19(21)22/h4-10,20H,1-3H3/b18-14+. The highest BCUT2D eigenvalue weighted by atomic mass is 16.6. The van der Waals surface area contributed by atoms with Crippen LogP contribution in [0.25, 0.3) is 0 Å². The van der Waals surface area contributed by atoms with E-state index in [2.05, 4.69) is 10.1 Å². The fraction of sp³-hybridized carbons (Fsp3) is 0.250. The number of non-ortho nitro benzene ring substituents is 1. The molecule has 1 aromatic carbocycles. The number of nitro groups is 1. The number of rotatable bonds is 4. The average molecular weight is 315 g/mol. The molecule has 0 aliphatic rings. The number of aromatic hydroxyl groups is 1. The molecule has 2 aromatic rings. The van der Waals surface area contributed by atoms with Crippen molar-refractivity contribution in [3.8, 4) is 5.75 Å². The quantitative estimate of drug-likeness (QED) is 0.530. The molecule has 7 nitrogen and oxygen atoms in total. The average Bonchev–Trinajstić information content (AvgIpc) is 2.48. The van der Waals surface area contributed by atoms with Crippen LogP contribution in [0, 0.1) is 10.1 Å². The molecule has 120 valence electrons. The van der Waals surface area contributed by atoms with Crippen LogP contribution >= 0.6 is 0 Å². The number of hydrogen-bond acceptors (Lipinski definition) is 6. The van der Waals surface area contributed by atoms with E-state index < -0.39 is 10.5 Å². The van der Waals surface area contributed by atoms with E-state index in [-0.39, 0.29) is 22.8 Å². The van der Waals surface area contributed by atoms with Gasteiger partial charge in [-0.2, -0.15) is 0 Å². The second-order valence-corrected chi connectivity index (χ2v) is 5.82. The van der Waals surface area contributed by atoms with E-state index in [1.807, 2.05) is 20.8 Å². The Morgan fingerprint density at radius 2 is 2.04 bits per heavy atom. The molecule has 0 amide bonds. The first-order valence-electron chi connectivity index (χ1n) is 6.93. The Morgan fingerprint density at radius 3 is 2.65 bits per heavy atom. The Bertz CT molecular complexity index is 751. The van der Waals surface area contributed by atoms with Gasteiger partial charge in [-0.05, 0) is 32.9 Å². The Kier molecular flexibility index (Phi) is 4.59. The third kappa shape index (κ3) is 4.26. The highest BCUT2D eigenvalue weighted by molar-refractivity contribution is 6.13. The summed E-state index contributed by atoms with van der Waals surface area (Å²) < 4.78 is 0. The molecular formula is C16H17N3O4. The normalized spacial score (nSPS) is 12.0. The molecule has 0 aliphatic carbocycles. The molecule has 23 heavy (non-hydrogen) atoms. The van der Waals surface area contributed by atoms with Crippen molar-refractivity contribution in [3.63, 3.8) is 0 Å². The van der Waals surface area contributed by atoms with Crippen LogP contribution in [0.15, 0.2) is 47.8 Å². The van der Waals surface area contributed by atoms with Gasteiger partial charge in [0.15, 0.2) is 0 Å². The zero-order chi connectivity index (χ0) is 17.0. The van der Waals surface area contributed by atoms with Crippen molar-refractivity contribution in [2.75, 3.05) is 0 Å². The number of oxime groups is 1. The van der Waals surface area contributed by atoms with Gasteiger partial charge in [-0.1, -0.05) is 17.3 Å². The molecule has 0 fully saturated rings. The number of nitrogens with zero attached hydrogens (tertiary/aromatic N) is 3. The third-order valence-corrected chi connectivity index (χ3v) is 2.75. The van der Waals surface area contributed by atoms with Gasteiger partial charge in [0.25, 0.3) is 5.69 Å². The largest absolute Gasteiger partial charge is 0.506 e. The van der Waals surface area contributed by atoms with Gasteiger partial charge in [-0.15, -0.1) is 0 Å². The Morgan fingerprint density at radius 1 is 1.30 bits per heavy atom. The molecular weight excluding hydrogens is 298 g/mol. The summed E-state index contributed by atoms with van der Waals surface area (Å²) in [6.45, 7) is 5.46. The number of hydrogen-bond donors (Lipinski definition) is 1. The summed E-state index contributed by atoms with van der Waals surface area (Å²) in [4.78, 5) is 20.0. The molecule has 0 atom stereocenters. The summed E-state index contributed by atoms with van der Waals surface area (Å²) in [5.74, 6) is -0.0877. The molecule has 7 heteroatoms. The molecule has 1 aromatic heterocycles. The van der Waals surface area contributed by atoms with E-state index in [4.69, 9.17) is 4.84 Å².